The second-order valence-electron chi connectivity index (χ2n) is 7.20. The van der Waals surface area contributed by atoms with Crippen LogP contribution in [0.25, 0.3) is 0 Å². The van der Waals surface area contributed by atoms with Crippen LogP contribution in [-0.4, -0.2) is 48.6 Å². The number of rotatable bonds is 8. The van der Waals surface area contributed by atoms with Crippen molar-refractivity contribution in [1.82, 2.24) is 10.2 Å². The van der Waals surface area contributed by atoms with Gasteiger partial charge in [-0.25, -0.2) is 0 Å². The van der Waals surface area contributed by atoms with E-state index in [1.54, 1.807) is 6.07 Å². The summed E-state index contributed by atoms with van der Waals surface area (Å²) in [5, 5.41) is 14.5. The van der Waals surface area contributed by atoms with E-state index in [1.807, 2.05) is 17.9 Å². The number of benzene rings is 1. The molecule has 3 rings (SSSR count). The minimum Gasteiger partial charge on any atom is -0.493 e. The first-order valence-corrected chi connectivity index (χ1v) is 10.5. The lowest BCUT2D eigenvalue weighted by Gasteiger charge is -2.32. The highest BCUT2D eigenvalue weighted by molar-refractivity contribution is 7.13. The highest BCUT2D eigenvalue weighted by Gasteiger charge is 2.26. The molecule has 0 aliphatic carbocycles. The van der Waals surface area contributed by atoms with E-state index in [1.165, 1.54) is 24.5 Å². The highest BCUT2D eigenvalue weighted by atomic mass is 32.1. The van der Waals surface area contributed by atoms with Gasteiger partial charge in [0.25, 0.3) is 11.6 Å². The van der Waals surface area contributed by atoms with Crippen molar-refractivity contribution in [2.24, 2.45) is 0 Å². The Morgan fingerprint density at radius 1 is 1.32 bits per heavy atom. The van der Waals surface area contributed by atoms with Gasteiger partial charge in [0.1, 0.15) is 0 Å². The monoisotopic (exact) mass is 455 g/mol. The van der Waals surface area contributed by atoms with Crippen molar-refractivity contribution in [2.75, 3.05) is 20.2 Å². The van der Waals surface area contributed by atoms with Crippen LogP contribution in [-0.2, 0) is 6.54 Å². The van der Waals surface area contributed by atoms with Crippen LogP contribution in [0.2, 0.25) is 0 Å². The van der Waals surface area contributed by atoms with Crippen molar-refractivity contribution in [2.45, 2.75) is 39.0 Å². The van der Waals surface area contributed by atoms with E-state index in [2.05, 4.69) is 10.1 Å². The first kappa shape index (κ1) is 22.9. The van der Waals surface area contributed by atoms with E-state index in [9.17, 15) is 23.7 Å². The number of nitro groups is 1. The Bertz CT molecular complexity index is 945. The van der Waals surface area contributed by atoms with Crippen LogP contribution in [0, 0.1) is 17.0 Å². The van der Waals surface area contributed by atoms with Crippen molar-refractivity contribution in [1.29, 1.82) is 0 Å². The van der Waals surface area contributed by atoms with Gasteiger partial charge >= 0.3 is 6.61 Å². The number of piperidine rings is 1. The van der Waals surface area contributed by atoms with Gasteiger partial charge in [0.05, 0.1) is 23.0 Å². The van der Waals surface area contributed by atoms with E-state index < -0.39 is 11.5 Å². The molecular formula is C20H23F2N3O5S. The number of amides is 1. The number of methoxy groups -OCH3 is 1. The number of carbonyl (C=O) groups is 1. The van der Waals surface area contributed by atoms with Gasteiger partial charge in [-0.05, 0) is 38.0 Å². The number of halogens is 2. The largest absolute Gasteiger partial charge is 0.493 e. The SMILES string of the molecule is COc1cc(CN2CCC(NC(=O)c3ccc(C)s3)CC2)c([N+](=O)[O-])cc1OC(F)F. The summed E-state index contributed by atoms with van der Waals surface area (Å²) >= 11 is 1.44. The van der Waals surface area contributed by atoms with Gasteiger partial charge < -0.3 is 14.8 Å². The van der Waals surface area contributed by atoms with E-state index in [-0.39, 0.29) is 35.7 Å². The van der Waals surface area contributed by atoms with Crippen LogP contribution in [0.5, 0.6) is 11.5 Å². The average Bonchev–Trinajstić information content (AvgIpc) is 3.16. The lowest BCUT2D eigenvalue weighted by molar-refractivity contribution is -0.385. The molecule has 0 atom stereocenters. The van der Waals surface area contributed by atoms with Gasteiger partial charge in [-0.1, -0.05) is 0 Å². The first-order chi connectivity index (χ1) is 14.8. The Labute approximate surface area is 181 Å². The molecule has 0 unspecified atom stereocenters. The minimum atomic E-state index is -3.12. The molecule has 0 bridgehead atoms. The fourth-order valence-electron chi connectivity index (χ4n) is 3.52. The molecule has 2 heterocycles. The molecule has 8 nitrogen and oxygen atoms in total. The number of nitrogens with zero attached hydrogens (tertiary/aromatic N) is 2. The number of hydrogen-bond donors (Lipinski definition) is 1. The van der Waals surface area contributed by atoms with Crippen molar-refractivity contribution in [3.05, 3.63) is 49.7 Å². The van der Waals surface area contributed by atoms with Crippen LogP contribution >= 0.6 is 11.3 Å². The molecule has 1 aliphatic heterocycles. The molecule has 0 radical (unpaired) electrons. The maximum absolute atomic E-state index is 12.6. The Morgan fingerprint density at radius 2 is 2.03 bits per heavy atom. The summed E-state index contributed by atoms with van der Waals surface area (Å²) in [5.41, 5.74) is 0.0416. The molecule has 1 N–H and O–H groups in total. The summed E-state index contributed by atoms with van der Waals surface area (Å²) in [6, 6.07) is 6.07. The predicted molar refractivity (Wildman–Crippen MR) is 111 cm³/mol. The van der Waals surface area contributed by atoms with Crippen molar-refractivity contribution < 1.29 is 28.0 Å². The molecule has 1 aromatic heterocycles. The summed E-state index contributed by atoms with van der Waals surface area (Å²) < 4.78 is 34.6. The predicted octanol–water partition coefficient (Wildman–Crippen LogP) is 3.97. The second kappa shape index (κ2) is 10.0. The van der Waals surface area contributed by atoms with Crippen LogP contribution in [0.3, 0.4) is 0 Å². The summed E-state index contributed by atoms with van der Waals surface area (Å²) in [6.07, 6.45) is 1.40. The number of carbonyl (C=O) groups excluding carboxylic acids is 1. The highest BCUT2D eigenvalue weighted by Crippen LogP contribution is 2.36. The third-order valence-corrected chi connectivity index (χ3v) is 6.06. The van der Waals surface area contributed by atoms with Crippen LogP contribution in [0.1, 0.15) is 33.0 Å². The van der Waals surface area contributed by atoms with Crippen LogP contribution in [0.15, 0.2) is 24.3 Å². The summed E-state index contributed by atoms with van der Waals surface area (Å²) in [6.45, 7) is 0.339. The van der Waals surface area contributed by atoms with Gasteiger partial charge in [-0.15, -0.1) is 11.3 Å². The van der Waals surface area contributed by atoms with Crippen molar-refractivity contribution >= 4 is 22.9 Å². The smallest absolute Gasteiger partial charge is 0.387 e. The number of nitrogens with one attached hydrogen (secondary N) is 1. The van der Waals surface area contributed by atoms with E-state index in [4.69, 9.17) is 4.74 Å². The standard InChI is InChI=1S/C20H23F2N3O5S/c1-12-3-4-18(31-12)19(26)23-14-5-7-24(8-6-14)11-13-9-16(29-2)17(30-20(21)22)10-15(13)25(27)28/h3-4,9-10,14,20H,5-8,11H2,1-2H3,(H,23,26). The maximum atomic E-state index is 12.6. The Morgan fingerprint density at radius 3 is 2.58 bits per heavy atom. The molecule has 0 saturated carbocycles. The molecule has 1 saturated heterocycles. The van der Waals surface area contributed by atoms with Crippen LogP contribution in [0.4, 0.5) is 14.5 Å². The van der Waals surface area contributed by atoms with Gasteiger partial charge in [-0.2, -0.15) is 8.78 Å². The first-order valence-electron chi connectivity index (χ1n) is 9.66. The van der Waals surface area contributed by atoms with E-state index in [0.717, 1.165) is 10.9 Å². The fourth-order valence-corrected chi connectivity index (χ4v) is 4.30. The molecule has 168 valence electrons. The lowest BCUT2D eigenvalue weighted by Crippen LogP contribution is -2.44. The molecular weight excluding hydrogens is 432 g/mol. The number of nitro benzene ring substituents is 1. The molecule has 11 heteroatoms. The zero-order valence-corrected chi connectivity index (χ0v) is 17.9. The average molecular weight is 455 g/mol. The Kier molecular flexibility index (Phi) is 7.39. The maximum Gasteiger partial charge on any atom is 0.387 e. The van der Waals surface area contributed by atoms with E-state index >= 15 is 0 Å². The quantitative estimate of drug-likeness (QED) is 0.478. The number of alkyl halides is 2. The second-order valence-corrected chi connectivity index (χ2v) is 8.49. The number of hydrogen-bond acceptors (Lipinski definition) is 7. The molecule has 1 fully saturated rings. The molecule has 0 spiro atoms. The topological polar surface area (TPSA) is 93.9 Å². The number of thiophene rings is 1. The molecule has 1 amide bonds. The zero-order valence-electron chi connectivity index (χ0n) is 17.1. The molecule has 2 aromatic rings. The number of likely N-dealkylation sites (tertiary alicyclic amines) is 1. The van der Waals surface area contributed by atoms with Crippen molar-refractivity contribution in [3.63, 3.8) is 0 Å². The third-order valence-electron chi connectivity index (χ3n) is 5.06. The summed E-state index contributed by atoms with van der Waals surface area (Å²) in [4.78, 5) is 26.9. The van der Waals surface area contributed by atoms with Crippen molar-refractivity contribution in [3.8, 4) is 11.5 Å². The normalized spacial score (nSPS) is 15.1. The molecule has 31 heavy (non-hydrogen) atoms. The number of ether oxygens (including phenoxy) is 2. The Hall–Kier alpha value is -2.79. The molecule has 1 aliphatic rings. The van der Waals surface area contributed by atoms with Gasteiger partial charge in [0.2, 0.25) is 0 Å². The lowest BCUT2D eigenvalue weighted by atomic mass is 10.0. The molecule has 1 aromatic carbocycles. The summed E-state index contributed by atoms with van der Waals surface area (Å²) in [7, 11) is 1.28. The van der Waals surface area contributed by atoms with E-state index in [0.29, 0.717) is 36.4 Å². The van der Waals surface area contributed by atoms with Gasteiger partial charge in [0, 0.05) is 36.1 Å². The van der Waals surface area contributed by atoms with Crippen LogP contribution < -0.4 is 14.8 Å². The number of aryl methyl sites for hydroxylation is 1. The third kappa shape index (κ3) is 5.88. The summed E-state index contributed by atoms with van der Waals surface area (Å²) in [5.74, 6) is -0.459. The van der Waals surface area contributed by atoms with Gasteiger partial charge in [-0.3, -0.25) is 19.8 Å². The zero-order chi connectivity index (χ0) is 22.5. The fraction of sp³-hybridized carbons (Fsp3) is 0.450. The van der Waals surface area contributed by atoms with Gasteiger partial charge in [0.15, 0.2) is 11.5 Å². The minimum absolute atomic E-state index is 0.00860. The Balaban J connectivity index is 1.64.